The zero-order valence-electron chi connectivity index (χ0n) is 19.6. The van der Waals surface area contributed by atoms with E-state index in [2.05, 4.69) is 20.2 Å². The van der Waals surface area contributed by atoms with Crippen LogP contribution < -0.4 is 14.8 Å². The van der Waals surface area contributed by atoms with E-state index >= 15 is 0 Å². The topological polar surface area (TPSA) is 96.2 Å². The van der Waals surface area contributed by atoms with Crippen molar-refractivity contribution in [1.82, 2.24) is 19.9 Å². The number of nitriles is 1. The van der Waals surface area contributed by atoms with Crippen LogP contribution in [0.4, 0.5) is 11.5 Å². The van der Waals surface area contributed by atoms with Gasteiger partial charge in [-0.3, -0.25) is 4.90 Å². The van der Waals surface area contributed by atoms with Gasteiger partial charge < -0.3 is 14.8 Å². The summed E-state index contributed by atoms with van der Waals surface area (Å²) in [5.74, 6) is 2.78. The summed E-state index contributed by atoms with van der Waals surface area (Å²) in [4.78, 5) is 15.9. The van der Waals surface area contributed by atoms with Crippen LogP contribution in [0.1, 0.15) is 54.5 Å². The summed E-state index contributed by atoms with van der Waals surface area (Å²) in [6.07, 6.45) is 5.79. The van der Waals surface area contributed by atoms with Gasteiger partial charge in [0.15, 0.2) is 11.5 Å². The lowest BCUT2D eigenvalue weighted by Gasteiger charge is -2.35. The predicted octanol–water partition coefficient (Wildman–Crippen LogP) is 5.34. The number of fused-ring (bicyclic) bond motifs is 1. The number of piperidine rings is 1. The molecule has 2 aliphatic heterocycles. The molecule has 4 heterocycles. The minimum atomic E-state index is 0.167. The van der Waals surface area contributed by atoms with E-state index in [-0.39, 0.29) is 6.04 Å². The largest absolute Gasteiger partial charge is 0.489 e. The summed E-state index contributed by atoms with van der Waals surface area (Å²) in [6.45, 7) is 4.86. The van der Waals surface area contributed by atoms with E-state index < -0.39 is 0 Å². The molecule has 9 heteroatoms. The van der Waals surface area contributed by atoms with Gasteiger partial charge in [-0.1, -0.05) is 18.0 Å². The van der Waals surface area contributed by atoms with E-state index in [4.69, 9.17) is 31.3 Å². The van der Waals surface area contributed by atoms with Crippen molar-refractivity contribution in [2.24, 2.45) is 0 Å². The average Bonchev–Trinajstić information content (AvgIpc) is 3.10. The molecule has 0 amide bonds. The van der Waals surface area contributed by atoms with E-state index in [1.165, 1.54) is 0 Å². The van der Waals surface area contributed by atoms with E-state index in [1.807, 2.05) is 37.3 Å². The van der Waals surface area contributed by atoms with Gasteiger partial charge in [-0.2, -0.15) is 5.26 Å². The number of benzene rings is 1. The second-order valence-corrected chi connectivity index (χ2v) is 9.24. The Bertz CT molecular complexity index is 1240. The van der Waals surface area contributed by atoms with Crippen LogP contribution in [0.15, 0.2) is 36.5 Å². The third kappa shape index (κ3) is 5.47. The highest BCUT2D eigenvalue weighted by atomic mass is 35.5. The van der Waals surface area contributed by atoms with Gasteiger partial charge in [0.1, 0.15) is 23.4 Å². The van der Waals surface area contributed by atoms with Crippen LogP contribution in [0.5, 0.6) is 11.5 Å². The number of pyridine rings is 1. The highest BCUT2D eigenvalue weighted by Gasteiger charge is 2.27. The highest BCUT2D eigenvalue weighted by molar-refractivity contribution is 6.32. The minimum absolute atomic E-state index is 0.167. The van der Waals surface area contributed by atoms with Gasteiger partial charge in [-0.25, -0.2) is 15.0 Å². The second kappa shape index (κ2) is 10.5. The normalized spacial score (nSPS) is 17.9. The van der Waals surface area contributed by atoms with Gasteiger partial charge in [0.2, 0.25) is 0 Å². The number of nitrogens with zero attached hydrogens (tertiary/aromatic N) is 5. The van der Waals surface area contributed by atoms with E-state index in [0.29, 0.717) is 41.3 Å². The Morgan fingerprint density at radius 1 is 1.14 bits per heavy atom. The summed E-state index contributed by atoms with van der Waals surface area (Å²) in [7, 11) is 0. The first-order valence-electron chi connectivity index (χ1n) is 11.9. The molecule has 1 atom stereocenters. The summed E-state index contributed by atoms with van der Waals surface area (Å²) in [6, 6.07) is 11.7. The van der Waals surface area contributed by atoms with E-state index in [0.717, 1.165) is 61.5 Å². The molecular weight excluding hydrogens is 464 g/mol. The first-order valence-corrected chi connectivity index (χ1v) is 12.3. The van der Waals surface area contributed by atoms with Gasteiger partial charge in [-0.15, -0.1) is 0 Å². The van der Waals surface area contributed by atoms with Crippen LogP contribution in [0.3, 0.4) is 0 Å². The van der Waals surface area contributed by atoms with Gasteiger partial charge >= 0.3 is 0 Å². The van der Waals surface area contributed by atoms with E-state index in [1.54, 1.807) is 12.3 Å². The Morgan fingerprint density at radius 2 is 2.03 bits per heavy atom. The van der Waals surface area contributed by atoms with Crippen molar-refractivity contribution < 1.29 is 9.47 Å². The van der Waals surface area contributed by atoms with Crippen LogP contribution in [0.2, 0.25) is 5.02 Å². The molecule has 3 aromatic rings. The van der Waals surface area contributed by atoms with Crippen molar-refractivity contribution in [1.29, 1.82) is 5.26 Å². The number of rotatable bonds is 5. The fourth-order valence-electron chi connectivity index (χ4n) is 4.63. The molecule has 180 valence electrons. The maximum absolute atomic E-state index is 8.97. The number of aromatic nitrogens is 3. The number of ether oxygens (including phenoxy) is 2. The molecule has 8 nitrogen and oxygen atoms in total. The molecule has 2 aliphatic rings. The number of likely N-dealkylation sites (tertiary alicyclic amines) is 1. The van der Waals surface area contributed by atoms with Gasteiger partial charge in [0.25, 0.3) is 0 Å². The molecule has 1 fully saturated rings. The maximum atomic E-state index is 8.97. The SMILES string of the molecule is Cc1nc(Nc2ccc(C#N)nc2)cc([C@@H]2CCCCN2Cc2cc(Cl)c3c(c2)OCCCO3)n1. The Labute approximate surface area is 209 Å². The zero-order chi connectivity index (χ0) is 24.2. The number of aryl methyl sites for hydroxylation is 1. The number of anilines is 2. The van der Waals surface area contributed by atoms with Crippen LogP contribution in [-0.2, 0) is 6.54 Å². The maximum Gasteiger partial charge on any atom is 0.179 e. The molecular formula is C26H27ClN6O2. The third-order valence-electron chi connectivity index (χ3n) is 6.21. The molecule has 5 rings (SSSR count). The van der Waals surface area contributed by atoms with Crippen LogP contribution in [-0.4, -0.2) is 39.6 Å². The van der Waals surface area contributed by atoms with Gasteiger partial charge in [0.05, 0.1) is 41.9 Å². The number of nitrogens with one attached hydrogen (secondary N) is 1. The summed E-state index contributed by atoms with van der Waals surface area (Å²) >= 11 is 6.55. The monoisotopic (exact) mass is 490 g/mol. The third-order valence-corrected chi connectivity index (χ3v) is 6.49. The fraction of sp³-hybridized carbons (Fsp3) is 0.385. The van der Waals surface area contributed by atoms with Crippen molar-refractivity contribution in [3.8, 4) is 17.6 Å². The van der Waals surface area contributed by atoms with Crippen molar-refractivity contribution in [2.75, 3.05) is 25.1 Å². The lowest BCUT2D eigenvalue weighted by atomic mass is 9.98. The molecule has 0 spiro atoms. The molecule has 1 N–H and O–H groups in total. The Balaban J connectivity index is 1.38. The smallest absolute Gasteiger partial charge is 0.179 e. The summed E-state index contributed by atoms with van der Waals surface area (Å²) in [5, 5.41) is 12.9. The Morgan fingerprint density at radius 3 is 2.86 bits per heavy atom. The van der Waals surface area contributed by atoms with Crippen molar-refractivity contribution in [3.63, 3.8) is 0 Å². The van der Waals surface area contributed by atoms with Crippen LogP contribution >= 0.6 is 11.6 Å². The fourth-order valence-corrected chi connectivity index (χ4v) is 4.92. The van der Waals surface area contributed by atoms with E-state index in [9.17, 15) is 0 Å². The van der Waals surface area contributed by atoms with Crippen molar-refractivity contribution in [3.05, 3.63) is 64.3 Å². The zero-order valence-corrected chi connectivity index (χ0v) is 20.4. The molecule has 0 bridgehead atoms. The second-order valence-electron chi connectivity index (χ2n) is 8.83. The standard InChI is InChI=1S/C26H27ClN6O2/c1-17-30-22(13-25(31-17)32-20-7-6-19(14-28)29-15-20)23-5-2-3-8-33(23)16-18-11-21(27)26-24(12-18)34-9-4-10-35-26/h6-7,11-13,15,23H,2-5,8-10,16H2,1H3,(H,30,31,32)/t23-/m0/s1. The molecule has 35 heavy (non-hydrogen) atoms. The summed E-state index contributed by atoms with van der Waals surface area (Å²) in [5.41, 5.74) is 3.24. The lowest BCUT2D eigenvalue weighted by molar-refractivity contribution is 0.137. The summed E-state index contributed by atoms with van der Waals surface area (Å²) < 4.78 is 11.7. The lowest BCUT2D eigenvalue weighted by Crippen LogP contribution is -2.33. The van der Waals surface area contributed by atoms with Crippen molar-refractivity contribution >= 4 is 23.1 Å². The molecule has 2 aromatic heterocycles. The van der Waals surface area contributed by atoms with Gasteiger partial charge in [0, 0.05) is 19.0 Å². The van der Waals surface area contributed by atoms with Crippen LogP contribution in [0.25, 0.3) is 0 Å². The quantitative estimate of drug-likeness (QED) is 0.512. The Kier molecular flexibility index (Phi) is 6.98. The molecule has 0 aliphatic carbocycles. The number of hydrogen-bond donors (Lipinski definition) is 1. The van der Waals surface area contributed by atoms with Crippen LogP contribution in [0, 0.1) is 18.3 Å². The first kappa shape index (κ1) is 23.3. The average molecular weight is 491 g/mol. The molecule has 0 unspecified atom stereocenters. The minimum Gasteiger partial charge on any atom is -0.489 e. The number of hydrogen-bond acceptors (Lipinski definition) is 8. The number of halogens is 1. The van der Waals surface area contributed by atoms with Gasteiger partial charge in [-0.05, 0) is 56.1 Å². The van der Waals surface area contributed by atoms with Crippen molar-refractivity contribution in [2.45, 2.75) is 45.2 Å². The molecule has 0 radical (unpaired) electrons. The molecule has 1 saturated heterocycles. The first-order chi connectivity index (χ1) is 17.1. The highest BCUT2D eigenvalue weighted by Crippen LogP contribution is 2.39. The molecule has 1 aromatic carbocycles. The molecule has 0 saturated carbocycles. The predicted molar refractivity (Wildman–Crippen MR) is 133 cm³/mol. The Hall–Kier alpha value is -3.41.